The van der Waals surface area contributed by atoms with Gasteiger partial charge in [0.2, 0.25) is 0 Å². The van der Waals surface area contributed by atoms with Crippen molar-refractivity contribution in [1.82, 2.24) is 9.55 Å². The van der Waals surface area contributed by atoms with E-state index in [4.69, 9.17) is 23.2 Å². The van der Waals surface area contributed by atoms with Crippen LogP contribution in [0.15, 0.2) is 12.1 Å². The minimum atomic E-state index is -0.421. The molecule has 1 aromatic carbocycles. The topological polar surface area (TPSA) is 17.8 Å². The van der Waals surface area contributed by atoms with E-state index in [-0.39, 0.29) is 5.02 Å². The number of hydrogen-bond donors (Lipinski definition) is 0. The lowest BCUT2D eigenvalue weighted by Crippen LogP contribution is -2.18. The molecule has 5 heteroatoms. The summed E-state index contributed by atoms with van der Waals surface area (Å²) >= 11 is 12.0. The molecule has 2 fully saturated rings. The van der Waals surface area contributed by atoms with Gasteiger partial charge in [0.1, 0.15) is 11.6 Å². The predicted octanol–water partition coefficient (Wildman–Crippen LogP) is 5.00. The van der Waals surface area contributed by atoms with Gasteiger partial charge in [0, 0.05) is 12.6 Å². The minimum Gasteiger partial charge on any atom is -0.327 e. The summed E-state index contributed by atoms with van der Waals surface area (Å²) in [6, 6.07) is 3.09. The molecular weight excluding hydrogens is 310 g/mol. The zero-order valence-electron chi connectivity index (χ0n) is 11.7. The quantitative estimate of drug-likeness (QED) is 0.725. The molecule has 0 saturated heterocycles. The largest absolute Gasteiger partial charge is 0.327 e. The third kappa shape index (κ3) is 2.25. The van der Waals surface area contributed by atoms with E-state index in [0.29, 0.717) is 17.3 Å². The van der Waals surface area contributed by atoms with Gasteiger partial charge in [-0.1, -0.05) is 18.0 Å². The SMILES string of the molecule is Fc1cc2nc(CCl)n(CC3CC4CCC3C4)c2cc1Cl. The number of nitrogens with zero attached hydrogens (tertiary/aromatic N) is 2. The molecule has 1 heterocycles. The van der Waals surface area contributed by atoms with Crippen LogP contribution in [0.4, 0.5) is 4.39 Å². The first-order chi connectivity index (χ1) is 10.2. The van der Waals surface area contributed by atoms with E-state index in [2.05, 4.69) is 9.55 Å². The number of rotatable bonds is 3. The van der Waals surface area contributed by atoms with Crippen LogP contribution in [0.1, 0.15) is 31.5 Å². The zero-order valence-corrected chi connectivity index (χ0v) is 13.2. The van der Waals surface area contributed by atoms with Gasteiger partial charge in [-0.2, -0.15) is 0 Å². The molecule has 2 nitrogen and oxygen atoms in total. The van der Waals surface area contributed by atoms with Gasteiger partial charge < -0.3 is 4.57 Å². The molecule has 3 atom stereocenters. The second-order valence-electron chi connectivity index (χ2n) is 6.46. The number of imidazole rings is 1. The average Bonchev–Trinajstić information content (AvgIpc) is 3.15. The van der Waals surface area contributed by atoms with E-state index < -0.39 is 5.82 Å². The summed E-state index contributed by atoms with van der Waals surface area (Å²) < 4.78 is 15.8. The molecule has 112 valence electrons. The van der Waals surface area contributed by atoms with Crippen LogP contribution in [-0.4, -0.2) is 9.55 Å². The number of fused-ring (bicyclic) bond motifs is 3. The summed E-state index contributed by atoms with van der Waals surface area (Å²) in [6.07, 6.45) is 5.43. The molecule has 4 rings (SSSR count). The highest BCUT2D eigenvalue weighted by molar-refractivity contribution is 6.31. The van der Waals surface area contributed by atoms with Crippen molar-refractivity contribution in [3.05, 3.63) is 28.8 Å². The molecule has 1 aromatic heterocycles. The van der Waals surface area contributed by atoms with Crippen LogP contribution in [0.2, 0.25) is 5.02 Å². The Morgan fingerprint density at radius 3 is 2.81 bits per heavy atom. The number of alkyl halides is 1. The van der Waals surface area contributed by atoms with Gasteiger partial charge in [-0.3, -0.25) is 0 Å². The predicted molar refractivity (Wildman–Crippen MR) is 83.2 cm³/mol. The molecule has 2 aliphatic rings. The standard InChI is InChI=1S/C16H17Cl2FN2/c17-7-16-20-14-6-13(19)12(18)5-15(14)21(16)8-11-4-9-1-2-10(11)3-9/h5-6,9-11H,1-4,7-8H2. The minimum absolute atomic E-state index is 0.151. The van der Waals surface area contributed by atoms with Gasteiger partial charge in [-0.05, 0) is 43.1 Å². The van der Waals surface area contributed by atoms with Crippen molar-refractivity contribution in [1.29, 1.82) is 0 Å². The second kappa shape index (κ2) is 5.13. The highest BCUT2D eigenvalue weighted by atomic mass is 35.5. The van der Waals surface area contributed by atoms with Crippen LogP contribution >= 0.6 is 23.2 Å². The maximum absolute atomic E-state index is 13.6. The number of hydrogen-bond acceptors (Lipinski definition) is 1. The van der Waals surface area contributed by atoms with Crippen molar-refractivity contribution in [2.75, 3.05) is 0 Å². The van der Waals surface area contributed by atoms with E-state index in [1.54, 1.807) is 6.07 Å². The van der Waals surface area contributed by atoms with Gasteiger partial charge in [0.25, 0.3) is 0 Å². The third-order valence-electron chi connectivity index (χ3n) is 5.29. The summed E-state index contributed by atoms with van der Waals surface area (Å²) in [5.41, 5.74) is 1.55. The Morgan fingerprint density at radius 2 is 2.14 bits per heavy atom. The normalized spacial score (nSPS) is 27.9. The van der Waals surface area contributed by atoms with Gasteiger partial charge in [0.05, 0.1) is 21.9 Å². The van der Waals surface area contributed by atoms with E-state index in [0.717, 1.165) is 29.7 Å². The Labute approximate surface area is 133 Å². The Hall–Kier alpha value is -0.800. The van der Waals surface area contributed by atoms with Crippen molar-refractivity contribution < 1.29 is 4.39 Å². The molecule has 2 saturated carbocycles. The Kier molecular flexibility index (Phi) is 3.38. The molecule has 2 aromatic rings. The molecule has 21 heavy (non-hydrogen) atoms. The molecular formula is C16H17Cl2FN2. The average molecular weight is 327 g/mol. The highest BCUT2D eigenvalue weighted by Crippen LogP contribution is 2.49. The van der Waals surface area contributed by atoms with E-state index in [1.807, 2.05) is 0 Å². The molecule has 2 bridgehead atoms. The van der Waals surface area contributed by atoms with E-state index in [1.165, 1.54) is 31.7 Å². The van der Waals surface area contributed by atoms with Crippen molar-refractivity contribution in [3.63, 3.8) is 0 Å². The van der Waals surface area contributed by atoms with Gasteiger partial charge in [0.15, 0.2) is 0 Å². The fourth-order valence-electron chi connectivity index (χ4n) is 4.31. The number of benzene rings is 1. The Morgan fingerprint density at radius 1 is 1.29 bits per heavy atom. The summed E-state index contributed by atoms with van der Waals surface area (Å²) in [5, 5.41) is 0.151. The number of aromatic nitrogens is 2. The van der Waals surface area contributed by atoms with Gasteiger partial charge in [-0.15, -0.1) is 11.6 Å². The van der Waals surface area contributed by atoms with Crippen molar-refractivity contribution in [2.24, 2.45) is 17.8 Å². The fraction of sp³-hybridized carbons (Fsp3) is 0.562. The van der Waals surface area contributed by atoms with Crippen LogP contribution in [-0.2, 0) is 12.4 Å². The van der Waals surface area contributed by atoms with Crippen LogP contribution < -0.4 is 0 Å². The summed E-state index contributed by atoms with van der Waals surface area (Å²) in [7, 11) is 0. The van der Waals surface area contributed by atoms with Crippen LogP contribution in [0.5, 0.6) is 0 Å². The van der Waals surface area contributed by atoms with Crippen LogP contribution in [0.3, 0.4) is 0 Å². The van der Waals surface area contributed by atoms with E-state index >= 15 is 0 Å². The molecule has 2 aliphatic carbocycles. The lowest BCUT2D eigenvalue weighted by molar-refractivity contribution is 0.296. The smallest absolute Gasteiger partial charge is 0.144 e. The maximum Gasteiger partial charge on any atom is 0.144 e. The lowest BCUT2D eigenvalue weighted by atomic mass is 9.89. The van der Waals surface area contributed by atoms with E-state index in [9.17, 15) is 4.39 Å². The first-order valence-corrected chi connectivity index (χ1v) is 8.47. The summed E-state index contributed by atoms with van der Waals surface area (Å²) in [6.45, 7) is 0.932. The fourth-order valence-corrected chi connectivity index (χ4v) is 4.67. The molecule has 3 unspecified atom stereocenters. The molecule has 0 amide bonds. The van der Waals surface area contributed by atoms with Crippen molar-refractivity contribution >= 4 is 34.2 Å². The van der Waals surface area contributed by atoms with Crippen molar-refractivity contribution in [2.45, 2.75) is 38.1 Å². The van der Waals surface area contributed by atoms with Crippen molar-refractivity contribution in [3.8, 4) is 0 Å². The van der Waals surface area contributed by atoms with Crippen LogP contribution in [0.25, 0.3) is 11.0 Å². The van der Waals surface area contributed by atoms with Crippen LogP contribution in [0, 0.1) is 23.6 Å². The molecule has 0 N–H and O–H groups in total. The zero-order chi connectivity index (χ0) is 14.6. The maximum atomic E-state index is 13.6. The Bertz CT molecular complexity index is 697. The summed E-state index contributed by atoms with van der Waals surface area (Å²) in [5.74, 6) is 3.19. The first kappa shape index (κ1) is 13.8. The monoisotopic (exact) mass is 326 g/mol. The number of halogens is 3. The Balaban J connectivity index is 1.74. The third-order valence-corrected chi connectivity index (χ3v) is 5.82. The highest BCUT2D eigenvalue weighted by Gasteiger charge is 2.39. The molecule has 0 aliphatic heterocycles. The van der Waals surface area contributed by atoms with Gasteiger partial charge >= 0.3 is 0 Å². The lowest BCUT2D eigenvalue weighted by Gasteiger charge is -2.23. The molecule has 0 radical (unpaired) electrons. The first-order valence-electron chi connectivity index (χ1n) is 7.56. The molecule has 0 spiro atoms. The summed E-state index contributed by atoms with van der Waals surface area (Å²) in [4.78, 5) is 4.47. The second-order valence-corrected chi connectivity index (χ2v) is 7.14. The van der Waals surface area contributed by atoms with Gasteiger partial charge in [-0.25, -0.2) is 9.37 Å².